The van der Waals surface area contributed by atoms with Crippen molar-refractivity contribution in [3.63, 3.8) is 0 Å². The fourth-order valence-electron chi connectivity index (χ4n) is 3.34. The predicted octanol–water partition coefficient (Wildman–Crippen LogP) is 3.50. The highest BCUT2D eigenvalue weighted by atomic mass is 16.2. The van der Waals surface area contributed by atoms with Gasteiger partial charge in [-0.25, -0.2) is 0 Å². The smallest absolute Gasteiger partial charge is 0.253 e. The molecule has 0 saturated carbocycles. The van der Waals surface area contributed by atoms with Gasteiger partial charge in [0, 0.05) is 41.6 Å². The van der Waals surface area contributed by atoms with Crippen LogP contribution in [0.4, 0.5) is 11.4 Å². The van der Waals surface area contributed by atoms with E-state index in [4.69, 9.17) is 0 Å². The fraction of sp³-hybridized carbons (Fsp3) is 0.375. The van der Waals surface area contributed by atoms with Crippen LogP contribution in [-0.2, 0) is 4.79 Å². The Morgan fingerprint density at radius 2 is 1.48 bits per heavy atom. The molecule has 1 unspecified atom stereocenters. The zero-order valence-corrected chi connectivity index (χ0v) is 18.1. The number of nitrogens with one attached hydrogen (secondary N) is 3. The maximum absolute atomic E-state index is 12.4. The molecule has 0 radical (unpaired) electrons. The lowest BCUT2D eigenvalue weighted by molar-refractivity contribution is -0.114. The van der Waals surface area contributed by atoms with Crippen LogP contribution in [0.25, 0.3) is 0 Å². The van der Waals surface area contributed by atoms with Gasteiger partial charge in [-0.3, -0.25) is 14.4 Å². The van der Waals surface area contributed by atoms with E-state index in [-0.39, 0.29) is 30.3 Å². The molecule has 1 fully saturated rings. The molecule has 0 bridgehead atoms. The summed E-state index contributed by atoms with van der Waals surface area (Å²) < 4.78 is 0. The Morgan fingerprint density at radius 1 is 0.903 bits per heavy atom. The van der Waals surface area contributed by atoms with E-state index >= 15 is 0 Å². The summed E-state index contributed by atoms with van der Waals surface area (Å²) >= 11 is 0. The molecule has 3 N–H and O–H groups in total. The van der Waals surface area contributed by atoms with Gasteiger partial charge in [0.15, 0.2) is 0 Å². The van der Waals surface area contributed by atoms with E-state index in [2.05, 4.69) is 16.0 Å². The van der Waals surface area contributed by atoms with Gasteiger partial charge in [-0.2, -0.15) is 0 Å². The van der Waals surface area contributed by atoms with Crippen molar-refractivity contribution in [3.05, 3.63) is 59.7 Å². The minimum Gasteiger partial charge on any atom is -0.376 e. The van der Waals surface area contributed by atoms with Crippen molar-refractivity contribution in [2.75, 3.05) is 30.3 Å². The number of amides is 3. The van der Waals surface area contributed by atoms with Crippen LogP contribution < -0.4 is 16.0 Å². The summed E-state index contributed by atoms with van der Waals surface area (Å²) in [6, 6.07) is 14.1. The summed E-state index contributed by atoms with van der Waals surface area (Å²) in [5.41, 5.74) is 2.61. The second-order valence-corrected chi connectivity index (χ2v) is 7.84. The van der Waals surface area contributed by atoms with Gasteiger partial charge in [0.2, 0.25) is 5.91 Å². The molecule has 1 saturated heterocycles. The molecule has 0 spiro atoms. The van der Waals surface area contributed by atoms with Crippen LogP contribution in [0.15, 0.2) is 48.5 Å². The molecule has 1 aliphatic rings. The van der Waals surface area contributed by atoms with Gasteiger partial charge in [0.1, 0.15) is 0 Å². The third-order valence-corrected chi connectivity index (χ3v) is 5.40. The van der Waals surface area contributed by atoms with Crippen molar-refractivity contribution < 1.29 is 14.4 Å². The summed E-state index contributed by atoms with van der Waals surface area (Å²) in [5, 5.41) is 8.78. The molecule has 164 valence electrons. The number of hydrogen-bond donors (Lipinski definition) is 3. The molecule has 1 atom stereocenters. The first kappa shape index (κ1) is 22.3. The second-order valence-electron chi connectivity index (χ2n) is 7.84. The van der Waals surface area contributed by atoms with Crippen molar-refractivity contribution in [1.82, 2.24) is 10.2 Å². The van der Waals surface area contributed by atoms with Gasteiger partial charge in [0.05, 0.1) is 6.54 Å². The minimum absolute atomic E-state index is 0.0401. The largest absolute Gasteiger partial charge is 0.376 e. The Hall–Kier alpha value is -3.35. The van der Waals surface area contributed by atoms with E-state index in [1.54, 1.807) is 48.5 Å². The molecule has 31 heavy (non-hydrogen) atoms. The maximum Gasteiger partial charge on any atom is 0.253 e. The minimum atomic E-state index is -0.197. The Bertz CT molecular complexity index is 903. The molecule has 3 rings (SSSR count). The average Bonchev–Trinajstić information content (AvgIpc) is 3.33. The van der Waals surface area contributed by atoms with Gasteiger partial charge in [-0.1, -0.05) is 6.92 Å². The van der Waals surface area contributed by atoms with Crippen molar-refractivity contribution >= 4 is 29.1 Å². The summed E-state index contributed by atoms with van der Waals surface area (Å²) in [4.78, 5) is 38.6. The summed E-state index contributed by atoms with van der Waals surface area (Å²) in [5.74, 6) is -0.263. The lowest BCUT2D eigenvalue weighted by Gasteiger charge is -2.15. The SMILES string of the molecule is CCC(C)NC(=O)c1ccc(NCC(=O)Nc2ccc(C(=O)N3CCCC3)cc2)cc1. The van der Waals surface area contributed by atoms with E-state index in [0.29, 0.717) is 16.8 Å². The number of benzene rings is 2. The topological polar surface area (TPSA) is 90.5 Å². The molecule has 2 aromatic carbocycles. The van der Waals surface area contributed by atoms with Crippen molar-refractivity contribution in [3.8, 4) is 0 Å². The Morgan fingerprint density at radius 3 is 2.10 bits per heavy atom. The van der Waals surface area contributed by atoms with E-state index in [1.807, 2.05) is 18.7 Å². The first-order chi connectivity index (χ1) is 15.0. The van der Waals surface area contributed by atoms with Gasteiger partial charge in [0.25, 0.3) is 11.8 Å². The van der Waals surface area contributed by atoms with E-state index in [9.17, 15) is 14.4 Å². The van der Waals surface area contributed by atoms with Gasteiger partial charge >= 0.3 is 0 Å². The van der Waals surface area contributed by atoms with Crippen molar-refractivity contribution in [2.24, 2.45) is 0 Å². The number of carbonyl (C=O) groups is 3. The van der Waals surface area contributed by atoms with Crippen LogP contribution in [0.3, 0.4) is 0 Å². The van der Waals surface area contributed by atoms with Crippen LogP contribution >= 0.6 is 0 Å². The van der Waals surface area contributed by atoms with E-state index < -0.39 is 0 Å². The summed E-state index contributed by atoms with van der Waals surface area (Å²) in [7, 11) is 0. The molecule has 1 heterocycles. The summed E-state index contributed by atoms with van der Waals surface area (Å²) in [6.07, 6.45) is 2.99. The highest BCUT2D eigenvalue weighted by Crippen LogP contribution is 2.16. The first-order valence-corrected chi connectivity index (χ1v) is 10.8. The monoisotopic (exact) mass is 422 g/mol. The number of carbonyl (C=O) groups excluding carboxylic acids is 3. The average molecular weight is 423 g/mol. The molecular weight excluding hydrogens is 392 g/mol. The molecule has 0 aliphatic carbocycles. The summed E-state index contributed by atoms with van der Waals surface area (Å²) in [6.45, 7) is 5.70. The van der Waals surface area contributed by atoms with E-state index in [1.165, 1.54) is 0 Å². The van der Waals surface area contributed by atoms with Crippen LogP contribution in [0.5, 0.6) is 0 Å². The zero-order chi connectivity index (χ0) is 22.2. The Kier molecular flexibility index (Phi) is 7.65. The molecule has 3 amide bonds. The number of likely N-dealkylation sites (tertiary alicyclic amines) is 1. The lowest BCUT2D eigenvalue weighted by atomic mass is 10.1. The molecule has 2 aromatic rings. The normalized spacial score (nSPS) is 14.1. The number of hydrogen-bond acceptors (Lipinski definition) is 4. The molecular formula is C24H30N4O3. The first-order valence-electron chi connectivity index (χ1n) is 10.8. The van der Waals surface area contributed by atoms with Gasteiger partial charge in [-0.05, 0) is 74.7 Å². The second kappa shape index (κ2) is 10.6. The highest BCUT2D eigenvalue weighted by Gasteiger charge is 2.19. The zero-order valence-electron chi connectivity index (χ0n) is 18.1. The van der Waals surface area contributed by atoms with Crippen LogP contribution in [-0.4, -0.2) is 48.3 Å². The lowest BCUT2D eigenvalue weighted by Crippen LogP contribution is -2.31. The van der Waals surface area contributed by atoms with Crippen molar-refractivity contribution in [1.29, 1.82) is 0 Å². The number of nitrogens with zero attached hydrogens (tertiary/aromatic N) is 1. The Balaban J connectivity index is 1.46. The molecule has 7 nitrogen and oxygen atoms in total. The highest BCUT2D eigenvalue weighted by molar-refractivity contribution is 5.97. The quantitative estimate of drug-likeness (QED) is 0.607. The third kappa shape index (κ3) is 6.31. The van der Waals surface area contributed by atoms with E-state index in [0.717, 1.165) is 38.0 Å². The molecule has 7 heteroatoms. The Labute approximate surface area is 183 Å². The van der Waals surface area contributed by atoms with Crippen LogP contribution in [0, 0.1) is 0 Å². The standard InChI is InChI=1S/C24H30N4O3/c1-3-17(2)26-23(30)18-6-10-20(11-7-18)25-16-22(29)27-21-12-8-19(9-13-21)24(31)28-14-4-5-15-28/h6-13,17,25H,3-5,14-16H2,1-2H3,(H,26,30)(H,27,29). The molecule has 1 aliphatic heterocycles. The van der Waals surface area contributed by atoms with Crippen LogP contribution in [0.1, 0.15) is 53.8 Å². The van der Waals surface area contributed by atoms with Gasteiger partial charge < -0.3 is 20.9 Å². The number of anilines is 2. The van der Waals surface area contributed by atoms with Crippen LogP contribution in [0.2, 0.25) is 0 Å². The van der Waals surface area contributed by atoms with Gasteiger partial charge in [-0.15, -0.1) is 0 Å². The molecule has 0 aromatic heterocycles. The third-order valence-electron chi connectivity index (χ3n) is 5.40. The fourth-order valence-corrected chi connectivity index (χ4v) is 3.34. The predicted molar refractivity (Wildman–Crippen MR) is 122 cm³/mol. The maximum atomic E-state index is 12.4. The number of rotatable bonds is 8. The van der Waals surface area contributed by atoms with Crippen molar-refractivity contribution in [2.45, 2.75) is 39.2 Å².